The van der Waals surface area contributed by atoms with Crippen molar-refractivity contribution in [2.24, 2.45) is 0 Å². The van der Waals surface area contributed by atoms with E-state index in [9.17, 15) is 10.2 Å². The van der Waals surface area contributed by atoms with Gasteiger partial charge in [-0.3, -0.25) is 0 Å². The van der Waals surface area contributed by atoms with E-state index >= 15 is 0 Å². The molecule has 0 saturated carbocycles. The zero-order valence-electron chi connectivity index (χ0n) is 10.7. The van der Waals surface area contributed by atoms with Crippen LogP contribution in [0.4, 0.5) is 0 Å². The number of hydrogen-bond acceptors (Lipinski definition) is 4. The molecule has 0 radical (unpaired) electrons. The first kappa shape index (κ1) is 11.8. The van der Waals surface area contributed by atoms with E-state index in [2.05, 4.69) is 0 Å². The van der Waals surface area contributed by atoms with Crippen LogP contribution in [0.1, 0.15) is 25.0 Å². The normalized spacial score (nSPS) is 33.4. The number of phenolic OH excluding ortho intramolecular Hbond substituents is 2. The maximum atomic E-state index is 10.3. The molecule has 2 aliphatic rings. The highest BCUT2D eigenvalue weighted by Crippen LogP contribution is 2.41. The van der Waals surface area contributed by atoms with Crippen molar-refractivity contribution in [3.8, 4) is 11.5 Å². The first-order valence-corrected chi connectivity index (χ1v) is 6.21. The number of rotatable bonds is 4. The van der Waals surface area contributed by atoms with Gasteiger partial charge in [0, 0.05) is 18.4 Å². The molecule has 0 bridgehead atoms. The van der Waals surface area contributed by atoms with Gasteiger partial charge in [-0.2, -0.15) is 0 Å². The number of aromatic hydroxyl groups is 2. The monoisotopic (exact) mass is 250 g/mol. The van der Waals surface area contributed by atoms with E-state index in [-0.39, 0.29) is 22.7 Å². The zero-order chi connectivity index (χ0) is 13.0. The van der Waals surface area contributed by atoms with Gasteiger partial charge in [-0.1, -0.05) is 6.07 Å². The third-order valence-electron chi connectivity index (χ3n) is 3.73. The molecule has 2 unspecified atom stereocenters. The molecule has 2 heterocycles. The van der Waals surface area contributed by atoms with Gasteiger partial charge in [-0.05, 0) is 25.5 Å². The molecule has 0 aliphatic carbocycles. The van der Waals surface area contributed by atoms with E-state index in [0.29, 0.717) is 25.0 Å². The highest BCUT2D eigenvalue weighted by molar-refractivity contribution is 5.50. The average Bonchev–Trinajstić information content (AvgIpc) is 3.21. The Balaban J connectivity index is 1.89. The van der Waals surface area contributed by atoms with Gasteiger partial charge in [0.25, 0.3) is 0 Å². The fourth-order valence-electron chi connectivity index (χ4n) is 2.22. The van der Waals surface area contributed by atoms with Crippen molar-refractivity contribution in [3.63, 3.8) is 0 Å². The molecule has 2 fully saturated rings. The highest BCUT2D eigenvalue weighted by atomic mass is 16.6. The summed E-state index contributed by atoms with van der Waals surface area (Å²) in [5.41, 5.74) is 1.03. The van der Waals surface area contributed by atoms with Gasteiger partial charge in [0.1, 0.15) is 11.5 Å². The Morgan fingerprint density at radius 1 is 1.06 bits per heavy atom. The maximum Gasteiger partial charge on any atom is 0.125 e. The summed E-state index contributed by atoms with van der Waals surface area (Å²) in [5, 5.41) is 20.2. The Bertz CT molecular complexity index is 487. The Morgan fingerprint density at radius 3 is 2.17 bits per heavy atom. The second-order valence-electron chi connectivity index (χ2n) is 5.90. The fraction of sp³-hybridized carbons (Fsp3) is 0.571. The molecule has 4 heteroatoms. The molecule has 1 aromatic carbocycles. The quantitative estimate of drug-likeness (QED) is 0.799. The van der Waals surface area contributed by atoms with Crippen LogP contribution in [0.25, 0.3) is 0 Å². The number of phenols is 2. The lowest BCUT2D eigenvalue weighted by atomic mass is 9.94. The molecule has 2 aliphatic heterocycles. The third kappa shape index (κ3) is 2.18. The topological polar surface area (TPSA) is 65.5 Å². The summed E-state index contributed by atoms with van der Waals surface area (Å²) < 4.78 is 10.7. The summed E-state index contributed by atoms with van der Waals surface area (Å²) in [7, 11) is 0. The molecule has 3 rings (SSSR count). The molecule has 4 nitrogen and oxygen atoms in total. The number of hydrogen-bond donors (Lipinski definition) is 2. The van der Waals surface area contributed by atoms with Crippen molar-refractivity contribution in [1.29, 1.82) is 0 Å². The summed E-state index contributed by atoms with van der Waals surface area (Å²) in [6.07, 6.45) is 1.21. The Morgan fingerprint density at radius 2 is 1.61 bits per heavy atom. The van der Waals surface area contributed by atoms with E-state index in [0.717, 1.165) is 12.2 Å². The predicted molar refractivity (Wildman–Crippen MR) is 65.9 cm³/mol. The lowest BCUT2D eigenvalue weighted by Crippen LogP contribution is -2.12. The minimum Gasteiger partial charge on any atom is -0.508 e. The lowest BCUT2D eigenvalue weighted by Gasteiger charge is -2.14. The van der Waals surface area contributed by atoms with Crippen LogP contribution in [-0.2, 0) is 22.3 Å². The molecular formula is C14H18O4. The first-order valence-electron chi connectivity index (χ1n) is 6.21. The van der Waals surface area contributed by atoms with Crippen LogP contribution in [0.5, 0.6) is 11.5 Å². The van der Waals surface area contributed by atoms with Crippen LogP contribution in [0, 0.1) is 0 Å². The van der Waals surface area contributed by atoms with Crippen molar-refractivity contribution in [3.05, 3.63) is 23.3 Å². The minimum atomic E-state index is -0.229. The standard InChI is InChI=1S/C14H18O4/c1-13(7-17-13)5-9-3-4-11(15)10(12(9)16)6-14(2)8-18-14/h3-4,15-16H,5-8H2,1-2H3. The zero-order valence-corrected chi connectivity index (χ0v) is 10.7. The van der Waals surface area contributed by atoms with Crippen molar-refractivity contribution in [1.82, 2.24) is 0 Å². The SMILES string of the molecule is CC1(Cc2ccc(O)c(CC3(C)CO3)c2O)CO1. The van der Waals surface area contributed by atoms with Crippen molar-refractivity contribution >= 4 is 0 Å². The van der Waals surface area contributed by atoms with Crippen molar-refractivity contribution < 1.29 is 19.7 Å². The van der Waals surface area contributed by atoms with E-state index in [1.807, 2.05) is 13.8 Å². The van der Waals surface area contributed by atoms with Crippen molar-refractivity contribution in [2.45, 2.75) is 37.9 Å². The van der Waals surface area contributed by atoms with Crippen LogP contribution in [0.15, 0.2) is 12.1 Å². The summed E-state index contributed by atoms with van der Waals surface area (Å²) in [4.78, 5) is 0. The molecule has 1 aromatic rings. The Labute approximate surface area is 106 Å². The summed E-state index contributed by atoms with van der Waals surface area (Å²) in [5.74, 6) is 0.318. The van der Waals surface area contributed by atoms with Gasteiger partial charge in [0.05, 0.1) is 24.4 Å². The minimum absolute atomic E-state index is 0.134. The smallest absolute Gasteiger partial charge is 0.125 e. The van der Waals surface area contributed by atoms with Crippen molar-refractivity contribution in [2.75, 3.05) is 13.2 Å². The highest BCUT2D eigenvalue weighted by Gasteiger charge is 2.42. The van der Waals surface area contributed by atoms with Crippen LogP contribution < -0.4 is 0 Å². The number of ether oxygens (including phenoxy) is 2. The van der Waals surface area contributed by atoms with E-state index < -0.39 is 0 Å². The first-order chi connectivity index (χ1) is 8.41. The van der Waals surface area contributed by atoms with E-state index in [1.54, 1.807) is 12.1 Å². The lowest BCUT2D eigenvalue weighted by molar-refractivity contribution is 0.311. The van der Waals surface area contributed by atoms with Crippen LogP contribution in [0.2, 0.25) is 0 Å². The third-order valence-corrected chi connectivity index (χ3v) is 3.73. The van der Waals surface area contributed by atoms with Gasteiger partial charge >= 0.3 is 0 Å². The fourth-order valence-corrected chi connectivity index (χ4v) is 2.22. The average molecular weight is 250 g/mol. The maximum absolute atomic E-state index is 10.3. The second-order valence-corrected chi connectivity index (χ2v) is 5.90. The predicted octanol–water partition coefficient (Wildman–Crippen LogP) is 1.76. The van der Waals surface area contributed by atoms with E-state index in [1.165, 1.54) is 0 Å². The molecule has 0 amide bonds. The molecule has 0 spiro atoms. The summed E-state index contributed by atoms with van der Waals surface area (Å²) >= 11 is 0. The largest absolute Gasteiger partial charge is 0.508 e. The molecular weight excluding hydrogens is 232 g/mol. The molecule has 98 valence electrons. The number of epoxide rings is 2. The van der Waals surface area contributed by atoms with Gasteiger partial charge in [0.15, 0.2) is 0 Å². The molecule has 2 atom stereocenters. The van der Waals surface area contributed by atoms with Crippen LogP contribution in [0.3, 0.4) is 0 Å². The molecule has 2 N–H and O–H groups in total. The summed E-state index contributed by atoms with van der Waals surface area (Å²) in [6.45, 7) is 5.40. The summed E-state index contributed by atoms with van der Waals surface area (Å²) in [6, 6.07) is 3.40. The van der Waals surface area contributed by atoms with Gasteiger partial charge < -0.3 is 19.7 Å². The Hall–Kier alpha value is -1.26. The Kier molecular flexibility index (Phi) is 2.37. The van der Waals surface area contributed by atoms with Gasteiger partial charge in [-0.25, -0.2) is 0 Å². The van der Waals surface area contributed by atoms with Gasteiger partial charge in [0.2, 0.25) is 0 Å². The molecule has 2 saturated heterocycles. The van der Waals surface area contributed by atoms with Crippen LogP contribution >= 0.6 is 0 Å². The molecule has 18 heavy (non-hydrogen) atoms. The molecule has 0 aromatic heterocycles. The number of benzene rings is 1. The second kappa shape index (κ2) is 3.62. The van der Waals surface area contributed by atoms with E-state index in [4.69, 9.17) is 9.47 Å². The van der Waals surface area contributed by atoms with Gasteiger partial charge in [-0.15, -0.1) is 0 Å². The van der Waals surface area contributed by atoms with Crippen LogP contribution in [-0.4, -0.2) is 34.6 Å².